The van der Waals surface area contributed by atoms with Crippen LogP contribution in [0.1, 0.15) is 40.5 Å². The third-order valence-electron chi connectivity index (χ3n) is 2.68. The molecule has 1 N–H and O–H groups in total. The highest BCUT2D eigenvalue weighted by atomic mass is 16.1. The highest BCUT2D eigenvalue weighted by molar-refractivity contribution is 5.72. The van der Waals surface area contributed by atoms with Gasteiger partial charge in [-0.15, -0.1) is 0 Å². The van der Waals surface area contributed by atoms with Gasteiger partial charge in [-0.1, -0.05) is 20.8 Å². The van der Waals surface area contributed by atoms with Crippen molar-refractivity contribution in [1.29, 1.82) is 0 Å². The molecule has 0 atom stereocenters. The Balaban J connectivity index is 0.000000921. The minimum absolute atomic E-state index is 0.0744. The monoisotopic (exact) mass is 214 g/mol. The van der Waals surface area contributed by atoms with Gasteiger partial charge >= 0.3 is 0 Å². The first-order chi connectivity index (χ1) is 7.18. The molecule has 15 heavy (non-hydrogen) atoms. The molecule has 3 nitrogen and oxygen atoms in total. The first-order valence-electron chi connectivity index (χ1n) is 6.15. The summed E-state index contributed by atoms with van der Waals surface area (Å²) in [7, 11) is 0. The van der Waals surface area contributed by atoms with Crippen molar-refractivity contribution in [2.75, 3.05) is 26.2 Å². The van der Waals surface area contributed by atoms with Gasteiger partial charge in [0.25, 0.3) is 0 Å². The molecule has 0 spiro atoms. The number of carbonyl (C=O) groups excluding carboxylic acids is 1. The maximum atomic E-state index is 10.6. The first kappa shape index (κ1) is 14.4. The molecule has 0 radical (unpaired) electrons. The van der Waals surface area contributed by atoms with Crippen LogP contribution in [0.3, 0.4) is 0 Å². The van der Waals surface area contributed by atoms with Crippen LogP contribution in [0, 0.1) is 5.92 Å². The summed E-state index contributed by atoms with van der Waals surface area (Å²) in [5, 5.41) is 2.82. The lowest BCUT2D eigenvalue weighted by Crippen LogP contribution is -2.38. The number of likely N-dealkylation sites (tertiary alicyclic amines) is 1. The maximum absolute atomic E-state index is 10.6. The normalized spacial score (nSPS) is 17.9. The third-order valence-corrected chi connectivity index (χ3v) is 2.68. The van der Waals surface area contributed by atoms with Gasteiger partial charge in [0.1, 0.15) is 0 Å². The van der Waals surface area contributed by atoms with Gasteiger partial charge in [-0.3, -0.25) is 4.79 Å². The van der Waals surface area contributed by atoms with Gasteiger partial charge in [0, 0.05) is 20.0 Å². The number of amides is 1. The van der Waals surface area contributed by atoms with Crippen molar-refractivity contribution in [2.24, 2.45) is 5.92 Å². The summed E-state index contributed by atoms with van der Waals surface area (Å²) in [5.74, 6) is 0.961. The van der Waals surface area contributed by atoms with Crippen LogP contribution in [0.4, 0.5) is 0 Å². The van der Waals surface area contributed by atoms with Gasteiger partial charge in [-0.25, -0.2) is 0 Å². The van der Waals surface area contributed by atoms with E-state index in [-0.39, 0.29) is 5.91 Å². The Morgan fingerprint density at radius 3 is 2.33 bits per heavy atom. The molecule has 0 aliphatic carbocycles. The molecular weight excluding hydrogens is 188 g/mol. The Bertz CT molecular complexity index is 163. The standard InChI is InChI=1S/C10H20N2O.C2H6/c1-9-3-6-12(7-4-9)8-5-11-10(2)13;1-2/h9H,3-8H2,1-2H3,(H,11,13);1-2H3. The maximum Gasteiger partial charge on any atom is 0.216 e. The molecule has 0 aromatic heterocycles. The summed E-state index contributed by atoms with van der Waals surface area (Å²) < 4.78 is 0. The van der Waals surface area contributed by atoms with Crippen molar-refractivity contribution in [3.63, 3.8) is 0 Å². The van der Waals surface area contributed by atoms with Crippen LogP contribution in [0.15, 0.2) is 0 Å². The molecule has 0 aromatic rings. The van der Waals surface area contributed by atoms with Crippen molar-refractivity contribution in [3.05, 3.63) is 0 Å². The van der Waals surface area contributed by atoms with E-state index >= 15 is 0 Å². The Morgan fingerprint density at radius 1 is 1.33 bits per heavy atom. The summed E-state index contributed by atoms with van der Waals surface area (Å²) in [5.41, 5.74) is 0. The molecular formula is C12H26N2O. The number of hydrogen-bond acceptors (Lipinski definition) is 2. The second-order valence-electron chi connectivity index (χ2n) is 4.01. The predicted octanol–water partition coefficient (Wildman–Crippen LogP) is 1.88. The fourth-order valence-corrected chi connectivity index (χ4v) is 1.68. The van der Waals surface area contributed by atoms with Gasteiger partial charge in [-0.05, 0) is 31.8 Å². The van der Waals surface area contributed by atoms with Crippen molar-refractivity contribution < 1.29 is 4.79 Å². The average molecular weight is 214 g/mol. The van der Waals surface area contributed by atoms with Gasteiger partial charge in [0.2, 0.25) is 5.91 Å². The molecule has 0 saturated carbocycles. The topological polar surface area (TPSA) is 32.3 Å². The fourth-order valence-electron chi connectivity index (χ4n) is 1.68. The molecule has 1 fully saturated rings. The van der Waals surface area contributed by atoms with Crippen LogP contribution in [0.2, 0.25) is 0 Å². The van der Waals surface area contributed by atoms with Crippen molar-refractivity contribution in [1.82, 2.24) is 10.2 Å². The van der Waals surface area contributed by atoms with Gasteiger partial charge in [0.05, 0.1) is 0 Å². The lowest BCUT2D eigenvalue weighted by molar-refractivity contribution is -0.119. The highest BCUT2D eigenvalue weighted by Gasteiger charge is 2.14. The van der Waals surface area contributed by atoms with Crippen molar-refractivity contribution in [2.45, 2.75) is 40.5 Å². The summed E-state index contributed by atoms with van der Waals surface area (Å²) in [6.07, 6.45) is 2.61. The molecule has 1 aliphatic heterocycles. The smallest absolute Gasteiger partial charge is 0.216 e. The second-order valence-corrected chi connectivity index (χ2v) is 4.01. The number of carbonyl (C=O) groups is 1. The summed E-state index contributed by atoms with van der Waals surface area (Å²) in [4.78, 5) is 13.0. The van der Waals surface area contributed by atoms with E-state index in [4.69, 9.17) is 0 Å². The van der Waals surface area contributed by atoms with Crippen molar-refractivity contribution in [3.8, 4) is 0 Å². The van der Waals surface area contributed by atoms with E-state index in [1.54, 1.807) is 6.92 Å². The summed E-state index contributed by atoms with van der Waals surface area (Å²) in [6, 6.07) is 0. The SMILES string of the molecule is CC.CC(=O)NCCN1CCC(C)CC1. The van der Waals surface area contributed by atoms with E-state index in [1.807, 2.05) is 13.8 Å². The van der Waals surface area contributed by atoms with Crippen molar-refractivity contribution >= 4 is 5.91 Å². The van der Waals surface area contributed by atoms with Crippen LogP contribution in [-0.4, -0.2) is 37.0 Å². The Morgan fingerprint density at radius 2 is 1.87 bits per heavy atom. The Hall–Kier alpha value is -0.570. The third kappa shape index (κ3) is 7.37. The lowest BCUT2D eigenvalue weighted by atomic mass is 9.99. The highest BCUT2D eigenvalue weighted by Crippen LogP contribution is 2.14. The van der Waals surface area contributed by atoms with Crippen LogP contribution in [-0.2, 0) is 4.79 Å². The molecule has 0 aromatic carbocycles. The van der Waals surface area contributed by atoms with E-state index in [0.29, 0.717) is 0 Å². The average Bonchev–Trinajstić information content (AvgIpc) is 2.23. The first-order valence-corrected chi connectivity index (χ1v) is 6.15. The van der Waals surface area contributed by atoms with Gasteiger partial charge in [-0.2, -0.15) is 0 Å². The molecule has 1 aliphatic rings. The molecule has 1 amide bonds. The van der Waals surface area contributed by atoms with E-state index in [0.717, 1.165) is 19.0 Å². The fraction of sp³-hybridized carbons (Fsp3) is 0.917. The van der Waals surface area contributed by atoms with Crippen LogP contribution in [0.5, 0.6) is 0 Å². The quantitative estimate of drug-likeness (QED) is 0.778. The minimum Gasteiger partial charge on any atom is -0.355 e. The van der Waals surface area contributed by atoms with Crippen LogP contribution < -0.4 is 5.32 Å². The zero-order chi connectivity index (χ0) is 11.7. The largest absolute Gasteiger partial charge is 0.355 e. The van der Waals surface area contributed by atoms with Gasteiger partial charge < -0.3 is 10.2 Å². The van der Waals surface area contributed by atoms with Crippen LogP contribution >= 0.6 is 0 Å². The molecule has 0 bridgehead atoms. The molecule has 1 rings (SSSR count). The summed E-state index contributed by atoms with van der Waals surface area (Å²) in [6.45, 7) is 12.1. The number of hydrogen-bond donors (Lipinski definition) is 1. The minimum atomic E-state index is 0.0744. The zero-order valence-corrected chi connectivity index (χ0v) is 10.7. The number of nitrogens with zero attached hydrogens (tertiary/aromatic N) is 1. The number of piperidine rings is 1. The predicted molar refractivity (Wildman–Crippen MR) is 64.9 cm³/mol. The molecule has 0 unspecified atom stereocenters. The number of nitrogens with one attached hydrogen (secondary N) is 1. The van der Waals surface area contributed by atoms with E-state index < -0.39 is 0 Å². The lowest BCUT2D eigenvalue weighted by Gasteiger charge is -2.29. The van der Waals surface area contributed by atoms with Crippen LogP contribution in [0.25, 0.3) is 0 Å². The summed E-state index contributed by atoms with van der Waals surface area (Å²) >= 11 is 0. The number of rotatable bonds is 3. The Labute approximate surface area is 94.2 Å². The zero-order valence-electron chi connectivity index (χ0n) is 10.7. The van der Waals surface area contributed by atoms with E-state index in [9.17, 15) is 4.79 Å². The molecule has 90 valence electrons. The Kier molecular flexibility index (Phi) is 8.38. The second kappa shape index (κ2) is 8.72. The van der Waals surface area contributed by atoms with Gasteiger partial charge in [0.15, 0.2) is 0 Å². The van der Waals surface area contributed by atoms with E-state index in [2.05, 4.69) is 17.1 Å². The molecule has 1 heterocycles. The molecule has 3 heteroatoms. The molecule has 1 saturated heterocycles. The van der Waals surface area contributed by atoms with E-state index in [1.165, 1.54) is 25.9 Å².